The van der Waals surface area contributed by atoms with Gasteiger partial charge in [0.05, 0.1) is 5.60 Å². The molecule has 41 heavy (non-hydrogen) atoms. The second-order valence-electron chi connectivity index (χ2n) is 14.2. The summed E-state index contributed by atoms with van der Waals surface area (Å²) in [4.78, 5) is 0. The third-order valence-electron chi connectivity index (χ3n) is 9.31. The molecule has 0 aromatic rings. The molecule has 1 aliphatic carbocycles. The fraction of sp³-hybridized carbons (Fsp3) is 0.650. The average molecular weight is 563 g/mol. The van der Waals surface area contributed by atoms with E-state index in [1.54, 1.807) is 0 Å². The summed E-state index contributed by atoms with van der Waals surface area (Å²) in [7, 11) is 0. The lowest BCUT2D eigenvalue weighted by Crippen LogP contribution is -2.39. The van der Waals surface area contributed by atoms with Gasteiger partial charge < -0.3 is 5.11 Å². The summed E-state index contributed by atoms with van der Waals surface area (Å²) in [5, 5.41) is 11.8. The van der Waals surface area contributed by atoms with Gasteiger partial charge in [-0.05, 0) is 157 Å². The van der Waals surface area contributed by atoms with Crippen molar-refractivity contribution >= 4 is 0 Å². The third kappa shape index (κ3) is 14.7. The minimum atomic E-state index is -0.679. The molecule has 1 N–H and O–H groups in total. The van der Waals surface area contributed by atoms with E-state index < -0.39 is 5.60 Å². The molecular formula is C40H66O. The zero-order valence-corrected chi connectivity index (χ0v) is 28.8. The molecule has 0 bridgehead atoms. The Morgan fingerprint density at radius 3 is 1.56 bits per heavy atom. The molecule has 0 radical (unpaired) electrons. The van der Waals surface area contributed by atoms with E-state index in [-0.39, 0.29) is 11.3 Å². The number of hydrogen-bond donors (Lipinski definition) is 1. The van der Waals surface area contributed by atoms with Crippen LogP contribution in [-0.2, 0) is 0 Å². The Labute approximate surface area is 256 Å². The second kappa shape index (κ2) is 18.6. The van der Waals surface area contributed by atoms with Gasteiger partial charge in [0.2, 0.25) is 0 Å². The first-order valence-corrected chi connectivity index (χ1v) is 16.5. The highest BCUT2D eigenvalue weighted by Gasteiger charge is 2.48. The first-order valence-electron chi connectivity index (χ1n) is 16.5. The van der Waals surface area contributed by atoms with Crippen molar-refractivity contribution in [2.24, 2.45) is 17.3 Å². The summed E-state index contributed by atoms with van der Waals surface area (Å²) in [6, 6.07) is 0. The fourth-order valence-corrected chi connectivity index (χ4v) is 6.28. The topological polar surface area (TPSA) is 20.2 Å². The average Bonchev–Trinajstić information content (AvgIpc) is 3.20. The van der Waals surface area contributed by atoms with Gasteiger partial charge >= 0.3 is 0 Å². The zero-order chi connectivity index (χ0) is 31.1. The molecule has 0 heterocycles. The molecule has 1 rings (SSSR count). The molecule has 232 valence electrons. The lowest BCUT2D eigenvalue weighted by atomic mass is 9.70. The molecular weight excluding hydrogens is 496 g/mol. The van der Waals surface area contributed by atoms with Gasteiger partial charge in [-0.2, -0.15) is 0 Å². The van der Waals surface area contributed by atoms with Crippen molar-refractivity contribution in [3.05, 3.63) is 82.5 Å². The highest BCUT2D eigenvalue weighted by molar-refractivity contribution is 5.17. The molecule has 0 aliphatic heterocycles. The normalized spacial score (nSPS) is 23.8. The van der Waals surface area contributed by atoms with Crippen LogP contribution in [0.3, 0.4) is 0 Å². The predicted octanol–water partition coefficient (Wildman–Crippen LogP) is 12.6. The molecule has 0 saturated heterocycles. The number of hydrogen-bond acceptors (Lipinski definition) is 1. The van der Waals surface area contributed by atoms with Gasteiger partial charge in [0, 0.05) is 0 Å². The quantitative estimate of drug-likeness (QED) is 0.165. The summed E-state index contributed by atoms with van der Waals surface area (Å²) in [6.07, 6.45) is 29.4. The van der Waals surface area contributed by atoms with E-state index in [9.17, 15) is 5.11 Å². The Morgan fingerprint density at radius 2 is 1.12 bits per heavy atom. The molecule has 1 aliphatic rings. The van der Waals surface area contributed by atoms with Crippen molar-refractivity contribution in [2.45, 2.75) is 152 Å². The van der Waals surface area contributed by atoms with Crippen LogP contribution >= 0.6 is 0 Å². The van der Waals surface area contributed by atoms with Crippen molar-refractivity contribution < 1.29 is 5.11 Å². The van der Waals surface area contributed by atoms with E-state index >= 15 is 0 Å². The van der Waals surface area contributed by atoms with Gasteiger partial charge in [-0.3, -0.25) is 0 Å². The van der Waals surface area contributed by atoms with Gasteiger partial charge in [-0.1, -0.05) is 82.9 Å². The van der Waals surface area contributed by atoms with E-state index in [4.69, 9.17) is 0 Å². The van der Waals surface area contributed by atoms with Crippen molar-refractivity contribution in [1.29, 1.82) is 0 Å². The zero-order valence-electron chi connectivity index (χ0n) is 28.8. The molecule has 1 saturated carbocycles. The van der Waals surface area contributed by atoms with Gasteiger partial charge in [0.25, 0.3) is 0 Å². The van der Waals surface area contributed by atoms with E-state index in [0.29, 0.717) is 5.92 Å². The lowest BCUT2D eigenvalue weighted by Gasteiger charge is -2.37. The standard InChI is InChI=1S/C40H66O/c1-12-39(10)29-27-37(38(39)30-36(9)25-16-24-34(7)21-14-19-32(4)5)40(11,41)28-17-26-35(8)23-15-22-33(6)20-13-18-31(2)3/h12,18-19,22,24,26,30,37-38,41H,1,13-17,20-21,23,25,27-29H2,2-11H3/b33-22+,34-24+,35-26+,36-30+/t37-,38+,39-,40?/m0/s1. The summed E-state index contributed by atoms with van der Waals surface area (Å²) in [5.74, 6) is 0.601. The Morgan fingerprint density at radius 1 is 0.707 bits per heavy atom. The van der Waals surface area contributed by atoms with Gasteiger partial charge in [0.15, 0.2) is 0 Å². The van der Waals surface area contributed by atoms with Crippen LogP contribution in [0, 0.1) is 17.3 Å². The fourth-order valence-electron chi connectivity index (χ4n) is 6.28. The van der Waals surface area contributed by atoms with Crippen LogP contribution < -0.4 is 0 Å². The maximum atomic E-state index is 11.8. The van der Waals surface area contributed by atoms with Crippen LogP contribution in [-0.4, -0.2) is 10.7 Å². The van der Waals surface area contributed by atoms with Crippen molar-refractivity contribution in [2.75, 3.05) is 0 Å². The van der Waals surface area contributed by atoms with Crippen LogP contribution in [0.25, 0.3) is 0 Å². The van der Waals surface area contributed by atoms with Crippen LogP contribution in [0.1, 0.15) is 146 Å². The molecule has 1 unspecified atom stereocenters. The second-order valence-corrected chi connectivity index (χ2v) is 14.2. The SMILES string of the molecule is C=C[C@@]1(C)CC[C@H](C(C)(O)CC/C=C(\C)CC/C=C(\C)CCC=C(C)C)[C@H]1/C=C(\C)CC/C=C(\C)CCC=C(C)C. The van der Waals surface area contributed by atoms with Crippen LogP contribution in [0.5, 0.6) is 0 Å². The number of allylic oxidation sites excluding steroid dienone is 13. The molecule has 0 aromatic carbocycles. The Balaban J connectivity index is 2.75. The van der Waals surface area contributed by atoms with Gasteiger partial charge in [-0.15, -0.1) is 6.58 Å². The van der Waals surface area contributed by atoms with E-state index in [0.717, 1.165) is 77.0 Å². The Kier molecular flexibility index (Phi) is 16.9. The maximum Gasteiger partial charge on any atom is 0.0656 e. The van der Waals surface area contributed by atoms with Crippen molar-refractivity contribution in [1.82, 2.24) is 0 Å². The molecule has 0 amide bonds. The summed E-state index contributed by atoms with van der Waals surface area (Å²) in [5.41, 5.74) is 8.04. The monoisotopic (exact) mass is 563 g/mol. The minimum absolute atomic E-state index is 0.0492. The summed E-state index contributed by atoms with van der Waals surface area (Å²) in [6.45, 7) is 26.4. The molecule has 1 nitrogen and oxygen atoms in total. The molecule has 1 heteroatoms. The third-order valence-corrected chi connectivity index (χ3v) is 9.31. The van der Waals surface area contributed by atoms with Gasteiger partial charge in [-0.25, -0.2) is 0 Å². The molecule has 0 aromatic heterocycles. The Hall–Kier alpha value is -1.86. The molecule has 0 spiro atoms. The number of aliphatic hydroxyl groups is 1. The first-order chi connectivity index (χ1) is 19.2. The van der Waals surface area contributed by atoms with Crippen molar-refractivity contribution in [3.63, 3.8) is 0 Å². The minimum Gasteiger partial charge on any atom is -0.390 e. The van der Waals surface area contributed by atoms with Crippen LogP contribution in [0.15, 0.2) is 82.5 Å². The van der Waals surface area contributed by atoms with E-state index in [1.165, 1.54) is 33.4 Å². The smallest absolute Gasteiger partial charge is 0.0656 e. The molecule has 4 atom stereocenters. The first kappa shape index (κ1) is 37.2. The van der Waals surface area contributed by atoms with Crippen LogP contribution in [0.4, 0.5) is 0 Å². The highest BCUT2D eigenvalue weighted by atomic mass is 16.3. The highest BCUT2D eigenvalue weighted by Crippen LogP contribution is 2.53. The Bertz CT molecular complexity index is 984. The number of rotatable bonds is 18. The predicted molar refractivity (Wildman–Crippen MR) is 185 cm³/mol. The lowest BCUT2D eigenvalue weighted by molar-refractivity contribution is -0.0226. The summed E-state index contributed by atoms with van der Waals surface area (Å²) >= 11 is 0. The molecule has 1 fully saturated rings. The van der Waals surface area contributed by atoms with Gasteiger partial charge in [0.1, 0.15) is 0 Å². The van der Waals surface area contributed by atoms with Crippen molar-refractivity contribution in [3.8, 4) is 0 Å². The largest absolute Gasteiger partial charge is 0.390 e. The summed E-state index contributed by atoms with van der Waals surface area (Å²) < 4.78 is 0. The maximum absolute atomic E-state index is 11.8. The van der Waals surface area contributed by atoms with E-state index in [2.05, 4.69) is 118 Å². The van der Waals surface area contributed by atoms with E-state index in [1.807, 2.05) is 0 Å². The van der Waals surface area contributed by atoms with Crippen LogP contribution in [0.2, 0.25) is 0 Å².